The maximum Gasteiger partial charge on any atom is 0.224 e. The van der Waals surface area contributed by atoms with E-state index in [4.69, 9.17) is 4.98 Å². The number of aromatic nitrogens is 2. The summed E-state index contributed by atoms with van der Waals surface area (Å²) in [6, 6.07) is 2.05. The third-order valence-corrected chi connectivity index (χ3v) is 6.60. The van der Waals surface area contributed by atoms with E-state index in [0.29, 0.717) is 5.92 Å². The van der Waals surface area contributed by atoms with Crippen LogP contribution in [-0.2, 0) is 0 Å². The summed E-state index contributed by atoms with van der Waals surface area (Å²) in [5.41, 5.74) is 1.56. The molecule has 0 amide bonds. The van der Waals surface area contributed by atoms with Gasteiger partial charge in [0.2, 0.25) is 5.95 Å². The van der Waals surface area contributed by atoms with E-state index in [9.17, 15) is 0 Å². The summed E-state index contributed by atoms with van der Waals surface area (Å²) < 4.78 is 0. The van der Waals surface area contributed by atoms with Crippen molar-refractivity contribution in [3.05, 3.63) is 23.9 Å². The number of hydrogen-bond donors (Lipinski definition) is 1. The average Bonchev–Trinajstić information content (AvgIpc) is 2.95. The second-order valence-electron chi connectivity index (χ2n) is 9.02. The van der Waals surface area contributed by atoms with Crippen LogP contribution >= 0.6 is 0 Å². The van der Waals surface area contributed by atoms with Crippen LogP contribution in [-0.4, -0.2) is 54.6 Å². The molecule has 0 bridgehead atoms. The van der Waals surface area contributed by atoms with E-state index < -0.39 is 0 Å². The van der Waals surface area contributed by atoms with Gasteiger partial charge in [-0.1, -0.05) is 38.3 Å². The second kappa shape index (κ2) is 10.2. The predicted octanol–water partition coefficient (Wildman–Crippen LogP) is 4.44. The first-order valence-corrected chi connectivity index (χ1v) is 11.2. The third kappa shape index (κ3) is 5.94. The molecule has 0 aromatic carbocycles. The van der Waals surface area contributed by atoms with Gasteiger partial charge in [-0.15, -0.1) is 0 Å². The summed E-state index contributed by atoms with van der Waals surface area (Å²) in [5.74, 6) is 4.04. The summed E-state index contributed by atoms with van der Waals surface area (Å²) in [6.45, 7) is 12.3. The number of likely N-dealkylation sites (N-methyl/N-ethyl adjacent to an activating group) is 1. The molecule has 5 nitrogen and oxygen atoms in total. The largest absolute Gasteiger partial charge is 0.356 e. The quantitative estimate of drug-likeness (QED) is 0.703. The Morgan fingerprint density at radius 3 is 2.68 bits per heavy atom. The summed E-state index contributed by atoms with van der Waals surface area (Å²) >= 11 is 0. The maximum absolute atomic E-state index is 4.76. The first-order chi connectivity index (χ1) is 13.5. The monoisotopic (exact) mass is 385 g/mol. The molecule has 1 aromatic heterocycles. The zero-order chi connectivity index (χ0) is 19.9. The Balaban J connectivity index is 1.45. The molecule has 0 saturated carbocycles. The summed E-state index contributed by atoms with van der Waals surface area (Å²) in [7, 11) is 2.24. The Morgan fingerprint density at radius 2 is 1.93 bits per heavy atom. The van der Waals surface area contributed by atoms with Crippen LogP contribution in [0.3, 0.4) is 0 Å². The Morgan fingerprint density at radius 1 is 1.18 bits per heavy atom. The fraction of sp³-hybridized carbons (Fsp3) is 0.739. The van der Waals surface area contributed by atoms with Gasteiger partial charge < -0.3 is 15.1 Å². The Hall–Kier alpha value is -1.62. The predicted molar refractivity (Wildman–Crippen MR) is 119 cm³/mol. The highest BCUT2D eigenvalue weighted by molar-refractivity contribution is 5.42. The molecule has 2 heterocycles. The Bertz CT molecular complexity index is 636. The number of nitrogens with zero attached hydrogens (tertiary/aromatic N) is 4. The lowest BCUT2D eigenvalue weighted by Crippen LogP contribution is -2.35. The van der Waals surface area contributed by atoms with E-state index in [0.717, 1.165) is 56.3 Å². The molecule has 3 atom stereocenters. The SMILES string of the molecule is CC1=CC(C)C(C)C(CN(C)CCNc2nccc(N3CCCCCC3)n2)C1. The zero-order valence-corrected chi connectivity index (χ0v) is 18.3. The van der Waals surface area contributed by atoms with Gasteiger partial charge in [0.25, 0.3) is 0 Å². The van der Waals surface area contributed by atoms with Crippen molar-refractivity contribution in [1.29, 1.82) is 0 Å². The molecule has 2 aliphatic rings. The van der Waals surface area contributed by atoms with E-state index in [2.05, 4.69) is 54.0 Å². The van der Waals surface area contributed by atoms with E-state index in [1.54, 1.807) is 5.57 Å². The van der Waals surface area contributed by atoms with Crippen LogP contribution < -0.4 is 10.2 Å². The molecule has 156 valence electrons. The second-order valence-corrected chi connectivity index (χ2v) is 9.02. The van der Waals surface area contributed by atoms with Crippen LogP contribution in [0.15, 0.2) is 23.9 Å². The molecule has 1 aliphatic carbocycles. The smallest absolute Gasteiger partial charge is 0.224 e. The Labute approximate surface area is 171 Å². The number of allylic oxidation sites excluding steroid dienone is 2. The molecular formula is C23H39N5. The molecular weight excluding hydrogens is 346 g/mol. The summed E-state index contributed by atoms with van der Waals surface area (Å²) in [4.78, 5) is 14.1. The van der Waals surface area contributed by atoms with Crippen LogP contribution in [0.5, 0.6) is 0 Å². The minimum Gasteiger partial charge on any atom is -0.356 e. The van der Waals surface area contributed by atoms with Gasteiger partial charge in [0.05, 0.1) is 0 Å². The van der Waals surface area contributed by atoms with Crippen molar-refractivity contribution < 1.29 is 0 Å². The summed E-state index contributed by atoms with van der Waals surface area (Å²) in [6.07, 6.45) is 10.8. The Kier molecular flexibility index (Phi) is 7.72. The van der Waals surface area contributed by atoms with Gasteiger partial charge in [0.15, 0.2) is 0 Å². The molecule has 28 heavy (non-hydrogen) atoms. The number of anilines is 2. The minimum absolute atomic E-state index is 0.695. The lowest BCUT2D eigenvalue weighted by molar-refractivity contribution is 0.196. The highest BCUT2D eigenvalue weighted by Crippen LogP contribution is 2.33. The van der Waals surface area contributed by atoms with Crippen molar-refractivity contribution in [2.75, 3.05) is 50.0 Å². The van der Waals surface area contributed by atoms with Crippen molar-refractivity contribution in [2.24, 2.45) is 17.8 Å². The highest BCUT2D eigenvalue weighted by atomic mass is 15.2. The van der Waals surface area contributed by atoms with Crippen LogP contribution in [0, 0.1) is 17.8 Å². The maximum atomic E-state index is 4.76. The van der Waals surface area contributed by atoms with Crippen molar-refractivity contribution in [3.8, 4) is 0 Å². The normalized spacial score (nSPS) is 26.1. The first-order valence-electron chi connectivity index (χ1n) is 11.2. The van der Waals surface area contributed by atoms with E-state index in [1.165, 1.54) is 32.1 Å². The number of rotatable bonds is 7. The van der Waals surface area contributed by atoms with Gasteiger partial charge in [-0.2, -0.15) is 4.98 Å². The van der Waals surface area contributed by atoms with Crippen molar-refractivity contribution in [2.45, 2.75) is 52.9 Å². The van der Waals surface area contributed by atoms with Crippen LogP contribution in [0.2, 0.25) is 0 Å². The van der Waals surface area contributed by atoms with Gasteiger partial charge in [-0.3, -0.25) is 0 Å². The van der Waals surface area contributed by atoms with Gasteiger partial charge in [-0.05, 0) is 57.1 Å². The van der Waals surface area contributed by atoms with Gasteiger partial charge in [0, 0.05) is 38.9 Å². The van der Waals surface area contributed by atoms with Crippen LogP contribution in [0.25, 0.3) is 0 Å². The molecule has 3 unspecified atom stereocenters. The molecule has 0 spiro atoms. The molecule has 5 heteroatoms. The molecule has 1 aromatic rings. The van der Waals surface area contributed by atoms with Crippen molar-refractivity contribution in [1.82, 2.24) is 14.9 Å². The van der Waals surface area contributed by atoms with Gasteiger partial charge >= 0.3 is 0 Å². The van der Waals surface area contributed by atoms with E-state index in [1.807, 2.05) is 12.3 Å². The lowest BCUT2D eigenvalue weighted by Gasteiger charge is -2.35. The number of nitrogens with one attached hydrogen (secondary N) is 1. The molecule has 1 fully saturated rings. The van der Waals surface area contributed by atoms with Crippen molar-refractivity contribution >= 4 is 11.8 Å². The lowest BCUT2D eigenvalue weighted by atomic mass is 9.75. The fourth-order valence-corrected chi connectivity index (χ4v) is 4.69. The molecule has 1 aliphatic heterocycles. The van der Waals surface area contributed by atoms with Crippen LogP contribution in [0.4, 0.5) is 11.8 Å². The summed E-state index contributed by atoms with van der Waals surface area (Å²) in [5, 5.41) is 3.43. The van der Waals surface area contributed by atoms with E-state index >= 15 is 0 Å². The average molecular weight is 386 g/mol. The van der Waals surface area contributed by atoms with Gasteiger partial charge in [0.1, 0.15) is 5.82 Å². The standard InChI is InChI=1S/C23H39N5/c1-18-15-19(2)20(3)21(16-18)17-27(4)14-11-25-23-24-10-9-22(26-23)28-12-7-5-6-8-13-28/h9-10,15,19-21H,5-8,11-14,16-17H2,1-4H3,(H,24,25,26). The first kappa shape index (κ1) is 21.1. The molecule has 1 N–H and O–H groups in total. The van der Waals surface area contributed by atoms with Gasteiger partial charge in [-0.25, -0.2) is 4.98 Å². The highest BCUT2D eigenvalue weighted by Gasteiger charge is 2.26. The minimum atomic E-state index is 0.695. The van der Waals surface area contributed by atoms with Crippen LogP contribution in [0.1, 0.15) is 52.9 Å². The molecule has 0 radical (unpaired) electrons. The van der Waals surface area contributed by atoms with E-state index in [-0.39, 0.29) is 0 Å². The molecule has 3 rings (SSSR count). The topological polar surface area (TPSA) is 44.3 Å². The zero-order valence-electron chi connectivity index (χ0n) is 18.3. The number of hydrogen-bond acceptors (Lipinski definition) is 5. The van der Waals surface area contributed by atoms with Crippen molar-refractivity contribution in [3.63, 3.8) is 0 Å². The molecule has 1 saturated heterocycles. The fourth-order valence-electron chi connectivity index (χ4n) is 4.69. The third-order valence-electron chi connectivity index (χ3n) is 6.60.